The summed E-state index contributed by atoms with van der Waals surface area (Å²) < 4.78 is 28.7. The Bertz CT molecular complexity index is 465. The second kappa shape index (κ2) is 6.56. The van der Waals surface area contributed by atoms with E-state index in [1.165, 1.54) is 12.0 Å². The number of methoxy groups -OCH3 is 1. The van der Waals surface area contributed by atoms with Crippen molar-refractivity contribution in [2.75, 3.05) is 32.7 Å². The maximum Gasteiger partial charge on any atom is 0.306 e. The summed E-state index contributed by atoms with van der Waals surface area (Å²) in [5, 5.41) is 0. The van der Waals surface area contributed by atoms with Crippen molar-refractivity contribution in [3.63, 3.8) is 0 Å². The van der Waals surface area contributed by atoms with Gasteiger partial charge >= 0.3 is 5.97 Å². The van der Waals surface area contributed by atoms with Gasteiger partial charge in [-0.25, -0.2) is 8.42 Å². The van der Waals surface area contributed by atoms with Crippen molar-refractivity contribution in [1.82, 2.24) is 4.90 Å². The van der Waals surface area contributed by atoms with Crippen LogP contribution in [0.1, 0.15) is 32.1 Å². The molecule has 0 heterocycles. The number of carbonyl (C=O) groups is 2. The minimum Gasteiger partial charge on any atom is -0.469 e. The highest BCUT2D eigenvalue weighted by atomic mass is 32.2. The van der Waals surface area contributed by atoms with E-state index in [0.717, 1.165) is 12.8 Å². The van der Waals surface area contributed by atoms with Crippen molar-refractivity contribution in [3.05, 3.63) is 0 Å². The fourth-order valence-electron chi connectivity index (χ4n) is 2.13. The summed E-state index contributed by atoms with van der Waals surface area (Å²) in [5.74, 6) is -0.419. The normalized spacial score (nSPS) is 16.6. The number of hydrogen-bond acceptors (Lipinski definition) is 5. The molecule has 116 valence electrons. The zero-order valence-electron chi connectivity index (χ0n) is 12.3. The smallest absolute Gasteiger partial charge is 0.306 e. The summed E-state index contributed by atoms with van der Waals surface area (Å²) in [7, 11) is 1.37. The lowest BCUT2D eigenvalue weighted by atomic mass is 10.1. The van der Waals surface area contributed by atoms with Gasteiger partial charge in [0.1, 0.15) is 0 Å². The van der Waals surface area contributed by atoms with Gasteiger partial charge in [-0.3, -0.25) is 9.59 Å². The predicted molar refractivity (Wildman–Crippen MR) is 74.9 cm³/mol. The van der Waals surface area contributed by atoms with Crippen LogP contribution in [-0.2, 0) is 24.2 Å². The maximum atomic E-state index is 12.0. The fraction of sp³-hybridized carbons (Fsp3) is 0.846. The molecule has 6 nitrogen and oxygen atoms in total. The van der Waals surface area contributed by atoms with E-state index in [9.17, 15) is 18.0 Å². The zero-order chi connectivity index (χ0) is 15.4. The van der Waals surface area contributed by atoms with E-state index in [-0.39, 0.29) is 36.2 Å². The molecular formula is C13H23NO5S. The highest BCUT2D eigenvalue weighted by Crippen LogP contribution is 2.50. The Morgan fingerprint density at radius 1 is 1.25 bits per heavy atom. The Balaban J connectivity index is 2.42. The van der Waals surface area contributed by atoms with Gasteiger partial charge in [-0.05, 0) is 24.7 Å². The molecule has 0 aromatic rings. The average molecular weight is 305 g/mol. The molecule has 1 rings (SSSR count). The Morgan fingerprint density at radius 3 is 2.30 bits per heavy atom. The Hall–Kier alpha value is -1.11. The Kier molecular flexibility index (Phi) is 5.56. The predicted octanol–water partition coefficient (Wildman–Crippen LogP) is 0.613. The van der Waals surface area contributed by atoms with Gasteiger partial charge in [0, 0.05) is 20.5 Å². The monoisotopic (exact) mass is 305 g/mol. The molecule has 0 N–H and O–H groups in total. The van der Waals surface area contributed by atoms with Gasteiger partial charge < -0.3 is 9.64 Å². The lowest BCUT2D eigenvalue weighted by Crippen LogP contribution is -2.25. The van der Waals surface area contributed by atoms with Crippen molar-refractivity contribution < 1.29 is 22.7 Å². The van der Waals surface area contributed by atoms with Crippen molar-refractivity contribution >= 4 is 21.7 Å². The molecule has 20 heavy (non-hydrogen) atoms. The average Bonchev–Trinajstić information content (AvgIpc) is 3.06. The second-order valence-electron chi connectivity index (χ2n) is 5.74. The van der Waals surface area contributed by atoms with E-state index in [2.05, 4.69) is 4.74 Å². The molecule has 1 saturated carbocycles. The third-order valence-corrected chi connectivity index (χ3v) is 5.54. The molecule has 0 aliphatic heterocycles. The number of ether oxygens (including phenoxy) is 1. The number of hydrogen-bond donors (Lipinski definition) is 0. The van der Waals surface area contributed by atoms with Crippen LogP contribution in [0.15, 0.2) is 0 Å². The standard InChI is InChI=1S/C13H23NO5S/c1-14(2)11(15)5-4-8-20(17,18)10-13(6-7-13)9-12(16)19-3/h4-10H2,1-3H3. The van der Waals surface area contributed by atoms with Crippen molar-refractivity contribution in [2.24, 2.45) is 5.41 Å². The molecule has 0 atom stereocenters. The van der Waals surface area contributed by atoms with E-state index < -0.39 is 15.3 Å². The molecule has 1 amide bonds. The van der Waals surface area contributed by atoms with E-state index in [4.69, 9.17) is 0 Å². The van der Waals surface area contributed by atoms with Crippen LogP contribution in [0.4, 0.5) is 0 Å². The van der Waals surface area contributed by atoms with Crippen molar-refractivity contribution in [3.8, 4) is 0 Å². The summed E-state index contributed by atoms with van der Waals surface area (Å²) in [6.45, 7) is 0. The van der Waals surface area contributed by atoms with Crippen LogP contribution in [0.25, 0.3) is 0 Å². The lowest BCUT2D eigenvalue weighted by Gasteiger charge is -2.14. The van der Waals surface area contributed by atoms with Crippen LogP contribution < -0.4 is 0 Å². The number of rotatable bonds is 8. The van der Waals surface area contributed by atoms with E-state index >= 15 is 0 Å². The molecule has 1 aliphatic carbocycles. The molecule has 7 heteroatoms. The first-order chi connectivity index (χ1) is 9.20. The SMILES string of the molecule is COC(=O)CC1(CS(=O)(=O)CCCC(=O)N(C)C)CC1. The van der Waals surface area contributed by atoms with Crippen LogP contribution in [0.2, 0.25) is 0 Å². The summed E-state index contributed by atoms with van der Waals surface area (Å²) >= 11 is 0. The van der Waals surface area contributed by atoms with E-state index in [0.29, 0.717) is 6.42 Å². The molecule has 0 spiro atoms. The third-order valence-electron chi connectivity index (χ3n) is 3.58. The number of amides is 1. The number of sulfone groups is 1. The quantitative estimate of drug-likeness (QED) is 0.614. The van der Waals surface area contributed by atoms with E-state index in [1.807, 2.05) is 0 Å². The zero-order valence-corrected chi connectivity index (χ0v) is 13.2. The van der Waals surface area contributed by atoms with Gasteiger partial charge in [-0.2, -0.15) is 0 Å². The molecule has 0 radical (unpaired) electrons. The first-order valence-electron chi connectivity index (χ1n) is 6.67. The molecule has 1 aliphatic rings. The van der Waals surface area contributed by atoms with Crippen LogP contribution in [0.3, 0.4) is 0 Å². The van der Waals surface area contributed by atoms with Crippen molar-refractivity contribution in [2.45, 2.75) is 32.1 Å². The van der Waals surface area contributed by atoms with Crippen LogP contribution in [0, 0.1) is 5.41 Å². The molecule has 0 bridgehead atoms. The highest BCUT2D eigenvalue weighted by Gasteiger charge is 2.47. The third kappa shape index (κ3) is 5.48. The Labute approximate surface area is 120 Å². The van der Waals surface area contributed by atoms with E-state index in [1.54, 1.807) is 14.1 Å². The minimum absolute atomic E-state index is 0.00446. The molecule has 0 aromatic heterocycles. The summed E-state index contributed by atoms with van der Waals surface area (Å²) in [4.78, 5) is 24.1. The number of esters is 1. The topological polar surface area (TPSA) is 80.8 Å². The van der Waals surface area contributed by atoms with Gasteiger partial charge in [-0.15, -0.1) is 0 Å². The summed E-state index contributed by atoms with van der Waals surface area (Å²) in [5.41, 5.74) is -0.419. The molecule has 0 unspecified atom stereocenters. The second-order valence-corrected chi connectivity index (χ2v) is 7.92. The number of nitrogens with zero attached hydrogens (tertiary/aromatic N) is 1. The fourth-order valence-corrected chi connectivity index (χ4v) is 4.19. The summed E-state index contributed by atoms with van der Waals surface area (Å²) in [6.07, 6.45) is 2.22. The van der Waals surface area contributed by atoms with Gasteiger partial charge in [0.2, 0.25) is 5.91 Å². The minimum atomic E-state index is -3.23. The van der Waals surface area contributed by atoms with Gasteiger partial charge in [-0.1, -0.05) is 0 Å². The first-order valence-corrected chi connectivity index (χ1v) is 8.49. The van der Waals surface area contributed by atoms with Crippen LogP contribution in [0.5, 0.6) is 0 Å². The lowest BCUT2D eigenvalue weighted by molar-refractivity contribution is -0.141. The van der Waals surface area contributed by atoms with Gasteiger partial charge in [0.15, 0.2) is 9.84 Å². The molecule has 1 fully saturated rings. The first kappa shape index (κ1) is 16.9. The molecule has 0 saturated heterocycles. The van der Waals surface area contributed by atoms with Crippen LogP contribution >= 0.6 is 0 Å². The van der Waals surface area contributed by atoms with Crippen molar-refractivity contribution in [1.29, 1.82) is 0 Å². The van der Waals surface area contributed by atoms with Crippen LogP contribution in [-0.4, -0.2) is 57.9 Å². The summed E-state index contributed by atoms with van der Waals surface area (Å²) in [6, 6.07) is 0. The molecule has 0 aromatic carbocycles. The van der Waals surface area contributed by atoms with Gasteiger partial charge in [0.05, 0.1) is 25.0 Å². The maximum absolute atomic E-state index is 12.0. The number of carbonyl (C=O) groups excluding carboxylic acids is 2. The van der Waals surface area contributed by atoms with Gasteiger partial charge in [0.25, 0.3) is 0 Å². The molecular weight excluding hydrogens is 282 g/mol. The highest BCUT2D eigenvalue weighted by molar-refractivity contribution is 7.91. The Morgan fingerprint density at radius 2 is 1.85 bits per heavy atom. The largest absolute Gasteiger partial charge is 0.469 e.